The molecule has 0 aliphatic heterocycles. The molecule has 186 valence electrons. The summed E-state index contributed by atoms with van der Waals surface area (Å²) < 4.78 is 21.4. The molecule has 1 fully saturated rings. The number of carbonyl (C=O) groups excluding carboxylic acids is 1. The number of benzene rings is 3. The van der Waals surface area contributed by atoms with Gasteiger partial charge in [-0.15, -0.1) is 11.3 Å². The van der Waals surface area contributed by atoms with Crippen molar-refractivity contribution in [3.63, 3.8) is 0 Å². The first-order valence-corrected chi connectivity index (χ1v) is 13.5. The van der Waals surface area contributed by atoms with E-state index in [-0.39, 0.29) is 24.3 Å². The standard InChI is InChI=1S/C30H29ClFNO2S/c1-19-7-12-23(13-8-19)33(30(34)29-28(31)25-5-3-4-6-27(25)36-29)18-22-17-21(11-16-26(22)32)20-9-14-24(35-2)15-10-20/h3-6,9-11,14-17,19,23H,7-8,12-13,18H2,1-2H3/t19-,23-. The number of halogens is 2. The topological polar surface area (TPSA) is 29.5 Å². The van der Waals surface area contributed by atoms with Crippen LogP contribution in [0.4, 0.5) is 4.39 Å². The van der Waals surface area contributed by atoms with Crippen molar-refractivity contribution in [1.82, 2.24) is 4.90 Å². The summed E-state index contributed by atoms with van der Waals surface area (Å²) in [5.74, 6) is 0.984. The van der Waals surface area contributed by atoms with Crippen molar-refractivity contribution in [1.29, 1.82) is 0 Å². The van der Waals surface area contributed by atoms with Crippen LogP contribution in [0.5, 0.6) is 5.75 Å². The number of nitrogens with zero attached hydrogens (tertiary/aromatic N) is 1. The van der Waals surface area contributed by atoms with Crippen LogP contribution >= 0.6 is 22.9 Å². The van der Waals surface area contributed by atoms with E-state index in [0.29, 0.717) is 21.4 Å². The number of thiophene rings is 1. The summed E-state index contributed by atoms with van der Waals surface area (Å²) >= 11 is 8.12. The van der Waals surface area contributed by atoms with Crippen molar-refractivity contribution in [2.45, 2.75) is 45.2 Å². The molecule has 0 radical (unpaired) electrons. The van der Waals surface area contributed by atoms with Crippen LogP contribution in [0.15, 0.2) is 66.7 Å². The fourth-order valence-electron chi connectivity index (χ4n) is 5.05. The monoisotopic (exact) mass is 521 g/mol. The first-order valence-electron chi connectivity index (χ1n) is 12.4. The van der Waals surface area contributed by atoms with Crippen LogP contribution in [0.1, 0.15) is 47.8 Å². The van der Waals surface area contributed by atoms with Crippen LogP contribution in [-0.2, 0) is 6.54 Å². The molecule has 3 nitrogen and oxygen atoms in total. The molecule has 0 saturated heterocycles. The molecule has 0 atom stereocenters. The van der Waals surface area contributed by atoms with E-state index in [0.717, 1.165) is 52.6 Å². The Kier molecular flexibility index (Phi) is 7.31. The van der Waals surface area contributed by atoms with Gasteiger partial charge in [0.15, 0.2) is 0 Å². The molecule has 0 unspecified atom stereocenters. The SMILES string of the molecule is COc1ccc(-c2ccc(F)c(CN(C(=O)c3sc4ccccc4c3Cl)[C@H]3CC[C@H](C)CC3)c2)cc1. The van der Waals surface area contributed by atoms with Crippen LogP contribution in [0.25, 0.3) is 21.2 Å². The highest BCUT2D eigenvalue weighted by Crippen LogP contribution is 2.38. The minimum atomic E-state index is -0.309. The summed E-state index contributed by atoms with van der Waals surface area (Å²) in [6, 6.07) is 20.7. The minimum Gasteiger partial charge on any atom is -0.497 e. The van der Waals surface area contributed by atoms with Crippen molar-refractivity contribution in [3.8, 4) is 16.9 Å². The van der Waals surface area contributed by atoms with Crippen LogP contribution in [-0.4, -0.2) is 24.0 Å². The number of amides is 1. The molecule has 1 heterocycles. The van der Waals surface area contributed by atoms with E-state index in [9.17, 15) is 4.79 Å². The zero-order valence-electron chi connectivity index (χ0n) is 20.5. The molecular formula is C30H29ClFNO2S. The summed E-state index contributed by atoms with van der Waals surface area (Å²) in [5.41, 5.74) is 2.38. The van der Waals surface area contributed by atoms with E-state index in [1.807, 2.05) is 59.5 Å². The Hall–Kier alpha value is -2.89. The number of carbonyl (C=O) groups is 1. The quantitative estimate of drug-likeness (QED) is 0.254. The van der Waals surface area contributed by atoms with Gasteiger partial charge in [0.05, 0.1) is 12.1 Å². The first-order chi connectivity index (χ1) is 17.4. The van der Waals surface area contributed by atoms with Gasteiger partial charge < -0.3 is 9.64 Å². The number of fused-ring (bicyclic) bond motifs is 1. The third-order valence-corrected chi connectivity index (χ3v) is 8.89. The molecule has 1 amide bonds. The molecule has 1 aromatic heterocycles. The average Bonchev–Trinajstić information content (AvgIpc) is 3.25. The zero-order chi connectivity index (χ0) is 25.2. The lowest BCUT2D eigenvalue weighted by Gasteiger charge is -2.36. The van der Waals surface area contributed by atoms with E-state index in [2.05, 4.69) is 6.92 Å². The molecule has 0 bridgehead atoms. The number of methoxy groups -OCH3 is 1. The molecular weight excluding hydrogens is 493 g/mol. The summed E-state index contributed by atoms with van der Waals surface area (Å²) in [4.78, 5) is 16.4. The van der Waals surface area contributed by atoms with Gasteiger partial charge >= 0.3 is 0 Å². The van der Waals surface area contributed by atoms with E-state index in [4.69, 9.17) is 16.3 Å². The van der Waals surface area contributed by atoms with Gasteiger partial charge in [-0.25, -0.2) is 4.39 Å². The lowest BCUT2D eigenvalue weighted by molar-refractivity contribution is 0.0596. The minimum absolute atomic E-state index is 0.0546. The molecule has 1 saturated carbocycles. The van der Waals surface area contributed by atoms with Crippen LogP contribution in [0.3, 0.4) is 0 Å². The lowest BCUT2D eigenvalue weighted by Crippen LogP contribution is -2.41. The lowest BCUT2D eigenvalue weighted by atomic mass is 9.86. The zero-order valence-corrected chi connectivity index (χ0v) is 22.0. The number of hydrogen-bond acceptors (Lipinski definition) is 3. The molecule has 5 rings (SSSR count). The van der Waals surface area contributed by atoms with Gasteiger partial charge in [-0.1, -0.05) is 54.9 Å². The number of hydrogen-bond donors (Lipinski definition) is 0. The molecule has 0 spiro atoms. The largest absolute Gasteiger partial charge is 0.497 e. The summed E-state index contributed by atoms with van der Waals surface area (Å²) in [6.07, 6.45) is 3.94. The van der Waals surface area contributed by atoms with Gasteiger partial charge in [0.25, 0.3) is 5.91 Å². The van der Waals surface area contributed by atoms with Crippen molar-refractivity contribution in [2.75, 3.05) is 7.11 Å². The van der Waals surface area contributed by atoms with Crippen molar-refractivity contribution in [3.05, 3.63) is 88.0 Å². The number of rotatable bonds is 6. The van der Waals surface area contributed by atoms with Crippen LogP contribution in [0, 0.1) is 11.7 Å². The maximum absolute atomic E-state index is 15.1. The van der Waals surface area contributed by atoms with Crippen LogP contribution < -0.4 is 4.74 Å². The maximum atomic E-state index is 15.1. The van der Waals surface area contributed by atoms with Gasteiger partial charge in [-0.3, -0.25) is 4.79 Å². The second-order valence-corrected chi connectivity index (χ2v) is 11.1. The van der Waals surface area contributed by atoms with Crippen LogP contribution in [0.2, 0.25) is 5.02 Å². The predicted octanol–water partition coefficient (Wildman–Crippen LogP) is 8.59. The first kappa shape index (κ1) is 24.8. The van der Waals surface area contributed by atoms with E-state index < -0.39 is 0 Å². The Morgan fingerprint density at radius 3 is 2.42 bits per heavy atom. The molecule has 6 heteroatoms. The molecule has 4 aromatic rings. The van der Waals surface area contributed by atoms with Gasteiger partial charge in [0, 0.05) is 28.2 Å². The predicted molar refractivity (Wildman–Crippen MR) is 147 cm³/mol. The Morgan fingerprint density at radius 2 is 1.72 bits per heavy atom. The molecule has 3 aromatic carbocycles. The Balaban J connectivity index is 1.50. The normalized spacial score (nSPS) is 17.8. The highest BCUT2D eigenvalue weighted by molar-refractivity contribution is 7.21. The third kappa shape index (κ3) is 5.00. The maximum Gasteiger partial charge on any atom is 0.266 e. The second kappa shape index (κ2) is 10.6. The van der Waals surface area contributed by atoms with Crippen molar-refractivity contribution < 1.29 is 13.9 Å². The summed E-state index contributed by atoms with van der Waals surface area (Å²) in [5, 5.41) is 1.37. The smallest absolute Gasteiger partial charge is 0.266 e. The molecule has 1 aliphatic carbocycles. The van der Waals surface area contributed by atoms with Crippen molar-refractivity contribution >= 4 is 38.9 Å². The third-order valence-electron chi connectivity index (χ3n) is 7.23. The van der Waals surface area contributed by atoms with E-state index >= 15 is 4.39 Å². The van der Waals surface area contributed by atoms with Gasteiger partial charge in [0.2, 0.25) is 0 Å². The van der Waals surface area contributed by atoms with Gasteiger partial charge in [-0.2, -0.15) is 0 Å². The van der Waals surface area contributed by atoms with Gasteiger partial charge in [-0.05, 0) is 73.1 Å². The summed E-state index contributed by atoms with van der Waals surface area (Å²) in [7, 11) is 1.63. The van der Waals surface area contributed by atoms with E-state index in [1.165, 1.54) is 17.4 Å². The van der Waals surface area contributed by atoms with E-state index in [1.54, 1.807) is 13.2 Å². The Morgan fingerprint density at radius 1 is 1.03 bits per heavy atom. The molecule has 36 heavy (non-hydrogen) atoms. The summed E-state index contributed by atoms with van der Waals surface area (Å²) in [6.45, 7) is 2.46. The molecule has 1 aliphatic rings. The average molecular weight is 522 g/mol. The van der Waals surface area contributed by atoms with Gasteiger partial charge in [0.1, 0.15) is 16.4 Å². The Labute approximate surface area is 220 Å². The fourth-order valence-corrected chi connectivity index (χ4v) is 6.51. The highest BCUT2D eigenvalue weighted by atomic mass is 35.5. The second-order valence-electron chi connectivity index (χ2n) is 9.62. The molecule has 0 N–H and O–H groups in total. The number of ether oxygens (including phenoxy) is 1. The highest BCUT2D eigenvalue weighted by Gasteiger charge is 2.31. The Bertz CT molecular complexity index is 1380. The van der Waals surface area contributed by atoms with Crippen molar-refractivity contribution in [2.24, 2.45) is 5.92 Å². The fraction of sp³-hybridized carbons (Fsp3) is 0.300.